The van der Waals surface area contributed by atoms with E-state index in [1.165, 1.54) is 0 Å². The van der Waals surface area contributed by atoms with Crippen LogP contribution in [0.1, 0.15) is 31.7 Å². The molecule has 1 atom stereocenters. The summed E-state index contributed by atoms with van der Waals surface area (Å²) in [6, 6.07) is 14.4. The van der Waals surface area contributed by atoms with Crippen LogP contribution in [0.3, 0.4) is 0 Å². The molecular formula is C22H24N4O4. The summed E-state index contributed by atoms with van der Waals surface area (Å²) in [5, 5.41) is 7.05. The number of ether oxygens (including phenoxy) is 2. The van der Waals surface area contributed by atoms with E-state index in [9.17, 15) is 4.79 Å². The molecule has 0 saturated carbocycles. The zero-order valence-electron chi connectivity index (χ0n) is 17.0. The quantitative estimate of drug-likeness (QED) is 0.645. The van der Waals surface area contributed by atoms with Gasteiger partial charge in [0.05, 0.1) is 19.4 Å². The van der Waals surface area contributed by atoms with Crippen LogP contribution in [-0.4, -0.2) is 41.3 Å². The Bertz CT molecular complexity index is 1020. The predicted molar refractivity (Wildman–Crippen MR) is 112 cm³/mol. The van der Waals surface area contributed by atoms with Crippen LogP contribution in [0.4, 0.5) is 10.5 Å². The number of hydrogen-bond acceptors (Lipinski definition) is 6. The number of hydrogen-bond donors (Lipinski definition) is 1. The molecule has 3 aromatic rings. The van der Waals surface area contributed by atoms with Crippen molar-refractivity contribution in [2.24, 2.45) is 0 Å². The molecule has 8 heteroatoms. The third-order valence-electron chi connectivity index (χ3n) is 5.00. The lowest BCUT2D eigenvalue weighted by atomic mass is 10.2. The number of aromatic nitrogens is 2. The number of anilines is 1. The van der Waals surface area contributed by atoms with Crippen LogP contribution < -0.4 is 14.8 Å². The number of methoxy groups -OCH3 is 1. The van der Waals surface area contributed by atoms with Crippen molar-refractivity contribution < 1.29 is 18.8 Å². The van der Waals surface area contributed by atoms with Gasteiger partial charge >= 0.3 is 6.03 Å². The normalized spacial score (nSPS) is 15.8. The Hall–Kier alpha value is -3.55. The molecule has 1 aliphatic rings. The van der Waals surface area contributed by atoms with E-state index in [2.05, 4.69) is 15.5 Å². The van der Waals surface area contributed by atoms with Gasteiger partial charge in [-0.2, -0.15) is 4.98 Å². The fraction of sp³-hybridized carbons (Fsp3) is 0.318. The molecule has 0 aliphatic carbocycles. The first-order chi connectivity index (χ1) is 14.7. The number of urea groups is 1. The van der Waals surface area contributed by atoms with Crippen molar-refractivity contribution in [2.75, 3.05) is 25.6 Å². The molecule has 2 heterocycles. The summed E-state index contributed by atoms with van der Waals surface area (Å²) in [4.78, 5) is 19.2. The molecule has 0 radical (unpaired) electrons. The monoisotopic (exact) mass is 408 g/mol. The Kier molecular flexibility index (Phi) is 5.83. The molecule has 156 valence electrons. The highest BCUT2D eigenvalue weighted by Crippen LogP contribution is 2.33. The smallest absolute Gasteiger partial charge is 0.322 e. The van der Waals surface area contributed by atoms with E-state index in [-0.39, 0.29) is 12.1 Å². The average Bonchev–Trinajstić information content (AvgIpc) is 3.45. The highest BCUT2D eigenvalue weighted by Gasteiger charge is 2.34. The molecule has 1 N–H and O–H groups in total. The Balaban J connectivity index is 1.51. The van der Waals surface area contributed by atoms with Crippen molar-refractivity contribution in [1.29, 1.82) is 0 Å². The van der Waals surface area contributed by atoms with Gasteiger partial charge in [-0.05, 0) is 44.0 Å². The van der Waals surface area contributed by atoms with Crippen molar-refractivity contribution in [1.82, 2.24) is 15.0 Å². The number of para-hydroxylation sites is 2. The fourth-order valence-electron chi connectivity index (χ4n) is 3.55. The molecule has 0 unspecified atom stereocenters. The Morgan fingerprint density at radius 3 is 2.97 bits per heavy atom. The van der Waals surface area contributed by atoms with Crippen LogP contribution in [0.5, 0.6) is 11.5 Å². The number of nitrogens with zero attached hydrogens (tertiary/aromatic N) is 3. The van der Waals surface area contributed by atoms with E-state index in [4.69, 9.17) is 14.0 Å². The van der Waals surface area contributed by atoms with Crippen molar-refractivity contribution >= 4 is 11.7 Å². The summed E-state index contributed by atoms with van der Waals surface area (Å²) in [6.45, 7) is 3.04. The second kappa shape index (κ2) is 8.86. The van der Waals surface area contributed by atoms with E-state index < -0.39 is 0 Å². The van der Waals surface area contributed by atoms with Crippen molar-refractivity contribution in [3.8, 4) is 22.9 Å². The third kappa shape index (κ3) is 4.07. The predicted octanol–water partition coefficient (Wildman–Crippen LogP) is 4.51. The number of benzene rings is 2. The first-order valence-electron chi connectivity index (χ1n) is 9.97. The molecule has 1 saturated heterocycles. The van der Waals surface area contributed by atoms with Gasteiger partial charge in [-0.3, -0.25) is 0 Å². The third-order valence-corrected chi connectivity index (χ3v) is 5.00. The van der Waals surface area contributed by atoms with Gasteiger partial charge in [-0.25, -0.2) is 4.79 Å². The van der Waals surface area contributed by atoms with Crippen LogP contribution in [0, 0.1) is 0 Å². The Labute approximate surface area is 174 Å². The van der Waals surface area contributed by atoms with Gasteiger partial charge in [-0.1, -0.05) is 29.4 Å². The molecule has 1 aliphatic heterocycles. The largest absolute Gasteiger partial charge is 0.497 e. The average molecular weight is 408 g/mol. The van der Waals surface area contributed by atoms with Gasteiger partial charge in [0, 0.05) is 12.1 Å². The zero-order valence-corrected chi connectivity index (χ0v) is 17.0. The van der Waals surface area contributed by atoms with Gasteiger partial charge in [0.15, 0.2) is 0 Å². The van der Waals surface area contributed by atoms with Crippen LogP contribution in [0.15, 0.2) is 53.1 Å². The second-order valence-corrected chi connectivity index (χ2v) is 6.90. The molecule has 1 aromatic heterocycles. The summed E-state index contributed by atoms with van der Waals surface area (Å²) >= 11 is 0. The van der Waals surface area contributed by atoms with Crippen LogP contribution in [0.2, 0.25) is 0 Å². The lowest BCUT2D eigenvalue weighted by molar-refractivity contribution is 0.193. The number of rotatable bonds is 6. The van der Waals surface area contributed by atoms with Crippen molar-refractivity contribution in [3.63, 3.8) is 0 Å². The maximum atomic E-state index is 13.0. The highest BCUT2D eigenvalue weighted by atomic mass is 16.5. The van der Waals surface area contributed by atoms with Crippen LogP contribution >= 0.6 is 0 Å². The standard InChI is InChI=1S/C22H24N4O4/c1-3-29-19-12-5-4-10-17(19)23-22(27)26-13-7-11-18(26)21-24-20(25-30-21)15-8-6-9-16(14-15)28-2/h4-6,8-10,12,14,18H,3,7,11,13H2,1-2H3,(H,23,27)/t18-/m1/s1. The van der Waals surface area contributed by atoms with E-state index >= 15 is 0 Å². The number of carbonyl (C=O) groups is 1. The lowest BCUT2D eigenvalue weighted by Crippen LogP contribution is -2.34. The molecule has 1 fully saturated rings. The maximum Gasteiger partial charge on any atom is 0.322 e. The molecule has 4 rings (SSSR count). The lowest BCUT2D eigenvalue weighted by Gasteiger charge is -2.23. The second-order valence-electron chi connectivity index (χ2n) is 6.90. The summed E-state index contributed by atoms with van der Waals surface area (Å²) in [5.74, 6) is 2.26. The topological polar surface area (TPSA) is 89.7 Å². The Morgan fingerprint density at radius 1 is 1.27 bits per heavy atom. The zero-order chi connectivity index (χ0) is 20.9. The molecule has 0 spiro atoms. The molecule has 0 bridgehead atoms. The van der Waals surface area contributed by atoms with Gasteiger partial charge in [0.1, 0.15) is 17.5 Å². The van der Waals surface area contributed by atoms with Crippen LogP contribution in [0.25, 0.3) is 11.4 Å². The van der Waals surface area contributed by atoms with E-state index in [0.717, 1.165) is 18.4 Å². The van der Waals surface area contributed by atoms with E-state index in [1.807, 2.05) is 55.5 Å². The minimum absolute atomic E-state index is 0.217. The summed E-state index contributed by atoms with van der Waals surface area (Å²) < 4.78 is 16.4. The molecule has 30 heavy (non-hydrogen) atoms. The number of likely N-dealkylation sites (tertiary alicyclic amines) is 1. The van der Waals surface area contributed by atoms with Gasteiger partial charge < -0.3 is 24.2 Å². The minimum Gasteiger partial charge on any atom is -0.497 e. The summed E-state index contributed by atoms with van der Waals surface area (Å²) in [5.41, 5.74) is 1.43. The van der Waals surface area contributed by atoms with Crippen molar-refractivity contribution in [2.45, 2.75) is 25.8 Å². The van der Waals surface area contributed by atoms with Crippen LogP contribution in [-0.2, 0) is 0 Å². The molecular weight excluding hydrogens is 384 g/mol. The molecule has 8 nitrogen and oxygen atoms in total. The Morgan fingerprint density at radius 2 is 2.13 bits per heavy atom. The van der Waals surface area contributed by atoms with Gasteiger partial charge in [0.2, 0.25) is 11.7 Å². The summed E-state index contributed by atoms with van der Waals surface area (Å²) in [7, 11) is 1.61. The molecule has 2 aromatic carbocycles. The molecule has 2 amide bonds. The van der Waals surface area contributed by atoms with Crippen molar-refractivity contribution in [3.05, 3.63) is 54.4 Å². The van der Waals surface area contributed by atoms with Gasteiger partial charge in [-0.15, -0.1) is 0 Å². The summed E-state index contributed by atoms with van der Waals surface area (Å²) in [6.07, 6.45) is 1.63. The highest BCUT2D eigenvalue weighted by molar-refractivity contribution is 5.91. The fourth-order valence-corrected chi connectivity index (χ4v) is 3.55. The maximum absolute atomic E-state index is 13.0. The number of amides is 2. The SMILES string of the molecule is CCOc1ccccc1NC(=O)N1CCC[C@@H]1c1nc(-c2cccc(OC)c2)no1. The minimum atomic E-state index is -0.267. The first kappa shape index (κ1) is 19.8. The van der Waals surface area contributed by atoms with E-state index in [1.54, 1.807) is 12.0 Å². The van der Waals surface area contributed by atoms with E-state index in [0.29, 0.717) is 42.1 Å². The number of nitrogens with one attached hydrogen (secondary N) is 1. The van der Waals surface area contributed by atoms with Gasteiger partial charge in [0.25, 0.3) is 0 Å². The first-order valence-corrected chi connectivity index (χ1v) is 9.97. The number of carbonyl (C=O) groups excluding carboxylic acids is 1.